The number of aromatic nitrogens is 4. The lowest BCUT2D eigenvalue weighted by Gasteiger charge is -2.25. The van der Waals surface area contributed by atoms with Crippen molar-refractivity contribution in [2.24, 2.45) is 0 Å². The Morgan fingerprint density at radius 3 is 2.55 bits per heavy atom. The minimum atomic E-state index is -0.457. The number of carbonyl (C=O) groups excluding carboxylic acids is 1. The highest BCUT2D eigenvalue weighted by molar-refractivity contribution is 7.28. The molecule has 1 atom stereocenters. The Kier molecular flexibility index (Phi) is 7.62. The highest BCUT2D eigenvalue weighted by Crippen LogP contribution is 2.26. The van der Waals surface area contributed by atoms with Crippen LogP contribution in [-0.2, 0) is 24.4 Å². The number of methoxy groups -OCH3 is 1. The summed E-state index contributed by atoms with van der Waals surface area (Å²) in [5.41, 5.74) is 3.49. The van der Waals surface area contributed by atoms with E-state index in [9.17, 15) is 14.0 Å². The molecule has 38 heavy (non-hydrogen) atoms. The van der Waals surface area contributed by atoms with Gasteiger partial charge in [0.2, 0.25) is 0 Å². The zero-order chi connectivity index (χ0) is 26.6. The Morgan fingerprint density at radius 2 is 1.87 bits per heavy atom. The zero-order valence-electron chi connectivity index (χ0n) is 20.8. The molecule has 1 N–H and O–H groups in total. The molecular formula is C27H27FN5O4P. The van der Waals surface area contributed by atoms with Crippen molar-refractivity contribution in [2.45, 2.75) is 25.6 Å². The van der Waals surface area contributed by atoms with Gasteiger partial charge in [-0.25, -0.2) is 4.39 Å². The molecule has 196 valence electrons. The summed E-state index contributed by atoms with van der Waals surface area (Å²) >= 11 is 0. The van der Waals surface area contributed by atoms with Crippen molar-refractivity contribution in [3.63, 3.8) is 0 Å². The summed E-state index contributed by atoms with van der Waals surface area (Å²) in [6.07, 6.45) is 4.59. The fraction of sp³-hybridized carbons (Fsp3) is 0.259. The molecule has 3 aromatic heterocycles. The molecule has 0 radical (unpaired) electrons. The van der Waals surface area contributed by atoms with Crippen molar-refractivity contribution in [3.05, 3.63) is 105 Å². The molecular weight excluding hydrogens is 508 g/mol. The number of rotatable bonds is 9. The molecule has 1 saturated heterocycles. The van der Waals surface area contributed by atoms with Gasteiger partial charge in [-0.1, -0.05) is 33.5 Å². The molecule has 4 aromatic rings. The van der Waals surface area contributed by atoms with Crippen LogP contribution in [0.1, 0.15) is 38.8 Å². The van der Waals surface area contributed by atoms with E-state index in [4.69, 9.17) is 14.6 Å². The number of amides is 1. The summed E-state index contributed by atoms with van der Waals surface area (Å²) in [4.78, 5) is 29.5. The van der Waals surface area contributed by atoms with Gasteiger partial charge in [0.1, 0.15) is 11.6 Å². The topological polar surface area (TPSA) is 100 Å². The lowest BCUT2D eigenvalue weighted by molar-refractivity contribution is 0.00620. The maximum absolute atomic E-state index is 13.5. The van der Waals surface area contributed by atoms with Crippen molar-refractivity contribution in [1.82, 2.24) is 24.6 Å². The van der Waals surface area contributed by atoms with Crippen molar-refractivity contribution < 1.29 is 18.7 Å². The summed E-state index contributed by atoms with van der Waals surface area (Å²) in [5.74, 6) is 0.0591. The Morgan fingerprint density at radius 1 is 1.13 bits per heavy atom. The first-order valence-electron chi connectivity index (χ1n) is 12.1. The first kappa shape index (κ1) is 25.8. The van der Waals surface area contributed by atoms with Crippen molar-refractivity contribution in [2.75, 3.05) is 20.3 Å². The SMILES string of the molecule is COc1ccnc(CNC(=O)c2cn(Cc3ccc(Cn4cc(F)ccc4=O)cc3)nc2C2COC2)c1P. The van der Waals surface area contributed by atoms with E-state index in [0.29, 0.717) is 42.5 Å². The van der Waals surface area contributed by atoms with Crippen LogP contribution in [0.15, 0.2) is 65.8 Å². The molecule has 4 heterocycles. The highest BCUT2D eigenvalue weighted by Gasteiger charge is 2.29. The van der Waals surface area contributed by atoms with Gasteiger partial charge in [-0.15, -0.1) is 0 Å². The second-order valence-corrected chi connectivity index (χ2v) is 9.62. The van der Waals surface area contributed by atoms with Crippen LogP contribution in [0, 0.1) is 5.82 Å². The normalized spacial score (nSPS) is 13.2. The second kappa shape index (κ2) is 11.2. The monoisotopic (exact) mass is 535 g/mol. The highest BCUT2D eigenvalue weighted by atomic mass is 31.0. The Labute approximate surface area is 220 Å². The van der Waals surface area contributed by atoms with E-state index in [1.54, 1.807) is 30.3 Å². The minimum Gasteiger partial charge on any atom is -0.496 e. The number of pyridine rings is 2. The third kappa shape index (κ3) is 5.66. The molecule has 5 rings (SSSR count). The number of hydrogen-bond donors (Lipinski definition) is 1. The van der Waals surface area contributed by atoms with Gasteiger partial charge in [-0.3, -0.25) is 19.3 Å². The van der Waals surface area contributed by atoms with Crippen LogP contribution in [0.3, 0.4) is 0 Å². The molecule has 0 bridgehead atoms. The molecule has 0 spiro atoms. The number of benzene rings is 1. The molecule has 9 nitrogen and oxygen atoms in total. The van der Waals surface area contributed by atoms with Crippen LogP contribution < -0.4 is 20.9 Å². The molecule has 1 aliphatic heterocycles. The maximum atomic E-state index is 13.5. The second-order valence-electron chi connectivity index (χ2n) is 9.05. The van der Waals surface area contributed by atoms with Crippen LogP contribution in [0.5, 0.6) is 5.75 Å². The number of carbonyl (C=O) groups is 1. The van der Waals surface area contributed by atoms with E-state index >= 15 is 0 Å². The quantitative estimate of drug-likeness (QED) is 0.330. The predicted molar refractivity (Wildman–Crippen MR) is 142 cm³/mol. The van der Waals surface area contributed by atoms with Gasteiger partial charge in [0.15, 0.2) is 0 Å². The first-order chi connectivity index (χ1) is 18.4. The van der Waals surface area contributed by atoms with E-state index in [-0.39, 0.29) is 30.5 Å². The number of hydrogen-bond acceptors (Lipinski definition) is 6. The third-order valence-electron chi connectivity index (χ3n) is 6.40. The Balaban J connectivity index is 1.29. The fourth-order valence-corrected chi connectivity index (χ4v) is 4.61. The van der Waals surface area contributed by atoms with E-state index in [1.165, 1.54) is 16.8 Å². The van der Waals surface area contributed by atoms with E-state index in [1.807, 2.05) is 24.3 Å². The molecule has 1 unspecified atom stereocenters. The number of ether oxygens (including phenoxy) is 2. The fourth-order valence-electron chi connectivity index (χ4n) is 4.22. The molecule has 11 heteroatoms. The average Bonchev–Trinajstić information content (AvgIpc) is 3.28. The van der Waals surface area contributed by atoms with Gasteiger partial charge in [0.25, 0.3) is 11.5 Å². The summed E-state index contributed by atoms with van der Waals surface area (Å²) in [6, 6.07) is 11.8. The van der Waals surface area contributed by atoms with E-state index in [0.717, 1.165) is 22.5 Å². The lowest BCUT2D eigenvalue weighted by atomic mass is 10.00. The smallest absolute Gasteiger partial charge is 0.255 e. The first-order valence-corrected chi connectivity index (χ1v) is 12.6. The zero-order valence-corrected chi connectivity index (χ0v) is 21.9. The summed E-state index contributed by atoms with van der Waals surface area (Å²) in [7, 11) is 4.19. The lowest BCUT2D eigenvalue weighted by Crippen LogP contribution is -2.30. The Bertz CT molecular complexity index is 1510. The largest absolute Gasteiger partial charge is 0.496 e. The van der Waals surface area contributed by atoms with Gasteiger partial charge in [0, 0.05) is 30.0 Å². The van der Waals surface area contributed by atoms with Crippen molar-refractivity contribution in [3.8, 4) is 5.75 Å². The number of nitrogens with zero attached hydrogens (tertiary/aromatic N) is 4. The average molecular weight is 536 g/mol. The van der Waals surface area contributed by atoms with Gasteiger partial charge < -0.3 is 19.4 Å². The molecule has 0 aliphatic carbocycles. The molecule has 1 aliphatic rings. The summed E-state index contributed by atoms with van der Waals surface area (Å²) < 4.78 is 27.3. The van der Waals surface area contributed by atoms with Gasteiger partial charge in [0.05, 0.1) is 62.8 Å². The van der Waals surface area contributed by atoms with Gasteiger partial charge >= 0.3 is 0 Å². The van der Waals surface area contributed by atoms with Crippen LogP contribution in [0.2, 0.25) is 0 Å². The van der Waals surface area contributed by atoms with Crippen LogP contribution in [0.4, 0.5) is 4.39 Å². The van der Waals surface area contributed by atoms with E-state index < -0.39 is 5.82 Å². The van der Waals surface area contributed by atoms with Gasteiger partial charge in [-0.2, -0.15) is 5.10 Å². The van der Waals surface area contributed by atoms with Crippen molar-refractivity contribution >= 4 is 20.5 Å². The third-order valence-corrected chi connectivity index (χ3v) is 7.01. The van der Waals surface area contributed by atoms with E-state index in [2.05, 4.69) is 19.5 Å². The van der Waals surface area contributed by atoms with Crippen molar-refractivity contribution in [1.29, 1.82) is 0 Å². The van der Waals surface area contributed by atoms with Crippen LogP contribution >= 0.6 is 9.24 Å². The summed E-state index contributed by atoms with van der Waals surface area (Å²) in [6.45, 7) is 2.03. The van der Waals surface area contributed by atoms with Gasteiger partial charge in [-0.05, 0) is 23.3 Å². The predicted octanol–water partition coefficient (Wildman–Crippen LogP) is 2.23. The Hall–Kier alpha value is -3.88. The number of halogens is 1. The summed E-state index contributed by atoms with van der Waals surface area (Å²) in [5, 5.41) is 8.45. The molecule has 1 fully saturated rings. The molecule has 0 saturated carbocycles. The standard InChI is InChI=1S/C27H27FN5O4P/c1-36-23-8-9-29-22(26(23)38)10-30-27(35)21-14-33(31-25(21)19-15-37-16-19)12-18-4-2-17(3-5-18)11-32-13-20(28)6-7-24(32)34/h2-9,13-14,19H,10-12,15-16,38H2,1H3,(H,30,35). The molecule has 1 amide bonds. The minimum absolute atomic E-state index is 0.0659. The van der Waals surface area contributed by atoms with Crippen LogP contribution in [-0.4, -0.2) is 45.6 Å². The number of nitrogens with one attached hydrogen (secondary N) is 1. The van der Waals surface area contributed by atoms with Crippen LogP contribution in [0.25, 0.3) is 0 Å². The molecule has 1 aromatic carbocycles. The maximum Gasteiger partial charge on any atom is 0.255 e.